The van der Waals surface area contributed by atoms with Crippen molar-refractivity contribution in [2.75, 3.05) is 32.1 Å². The van der Waals surface area contributed by atoms with Crippen molar-refractivity contribution in [2.24, 2.45) is 5.92 Å². The summed E-state index contributed by atoms with van der Waals surface area (Å²) in [5.41, 5.74) is 1.06. The average Bonchev–Trinajstić information content (AvgIpc) is 2.40. The number of benzene rings is 1. The molecule has 0 aliphatic carbocycles. The van der Waals surface area contributed by atoms with Crippen molar-refractivity contribution >= 4 is 17.3 Å². The molecule has 0 amide bonds. The maximum atomic E-state index is 6.08. The molecule has 0 saturated carbocycles. The van der Waals surface area contributed by atoms with E-state index in [9.17, 15) is 0 Å². The summed E-state index contributed by atoms with van der Waals surface area (Å²) in [5, 5.41) is 7.47. The smallest absolute Gasteiger partial charge is 0.137 e. The molecule has 1 aromatic rings. The summed E-state index contributed by atoms with van der Waals surface area (Å²) in [6, 6.07) is 5.82. The molecule has 1 fully saturated rings. The fourth-order valence-electron chi connectivity index (χ4n) is 2.37. The summed E-state index contributed by atoms with van der Waals surface area (Å²) < 4.78 is 5.13. The zero-order valence-corrected chi connectivity index (χ0v) is 11.6. The van der Waals surface area contributed by atoms with Crippen LogP contribution in [0.5, 0.6) is 5.75 Å². The second kappa shape index (κ2) is 6.86. The molecule has 0 bridgehead atoms. The number of ether oxygens (including phenoxy) is 1. The Hall–Kier alpha value is -0.930. The summed E-state index contributed by atoms with van der Waals surface area (Å²) in [5.74, 6) is 1.58. The van der Waals surface area contributed by atoms with E-state index >= 15 is 0 Å². The first-order valence-corrected chi connectivity index (χ1v) is 6.95. The first kappa shape index (κ1) is 13.5. The van der Waals surface area contributed by atoms with Gasteiger partial charge in [0.25, 0.3) is 0 Å². The Kier molecular flexibility index (Phi) is 5.14. The molecule has 1 saturated heterocycles. The van der Waals surface area contributed by atoms with E-state index in [1.165, 1.54) is 32.4 Å². The molecule has 0 radical (unpaired) electrons. The lowest BCUT2D eigenvalue weighted by Crippen LogP contribution is -2.28. The van der Waals surface area contributed by atoms with Crippen molar-refractivity contribution in [1.82, 2.24) is 5.32 Å². The Morgan fingerprint density at radius 1 is 1.39 bits per heavy atom. The van der Waals surface area contributed by atoms with Crippen LogP contribution in [0, 0.1) is 5.92 Å². The summed E-state index contributed by atoms with van der Waals surface area (Å²) in [4.78, 5) is 0. The van der Waals surface area contributed by atoms with Crippen LogP contribution in [-0.2, 0) is 0 Å². The molecule has 0 spiro atoms. The van der Waals surface area contributed by atoms with Crippen LogP contribution >= 0.6 is 11.6 Å². The van der Waals surface area contributed by atoms with Crippen molar-refractivity contribution in [3.63, 3.8) is 0 Å². The van der Waals surface area contributed by atoms with Crippen molar-refractivity contribution in [1.29, 1.82) is 0 Å². The zero-order chi connectivity index (χ0) is 12.8. The lowest BCUT2D eigenvalue weighted by Gasteiger charge is -2.22. The van der Waals surface area contributed by atoms with Crippen LogP contribution in [0.15, 0.2) is 18.2 Å². The van der Waals surface area contributed by atoms with Gasteiger partial charge < -0.3 is 15.4 Å². The molecular weight excluding hydrogens is 248 g/mol. The molecule has 1 aliphatic rings. The molecular formula is C14H21ClN2O. The van der Waals surface area contributed by atoms with Gasteiger partial charge in [0.05, 0.1) is 12.1 Å². The van der Waals surface area contributed by atoms with Gasteiger partial charge in [-0.1, -0.05) is 11.6 Å². The van der Waals surface area contributed by atoms with E-state index in [1.54, 1.807) is 7.11 Å². The standard InChI is InChI=1S/C14H21ClN2O/c1-18-14-3-2-12(10-13(14)15)17-9-6-11-4-7-16-8-5-11/h2-3,10-11,16-17H,4-9H2,1H3. The molecule has 0 atom stereocenters. The highest BCUT2D eigenvalue weighted by molar-refractivity contribution is 6.32. The Morgan fingerprint density at radius 2 is 2.17 bits per heavy atom. The monoisotopic (exact) mass is 268 g/mol. The summed E-state index contributed by atoms with van der Waals surface area (Å²) in [6.07, 6.45) is 3.82. The van der Waals surface area contributed by atoms with Crippen molar-refractivity contribution in [2.45, 2.75) is 19.3 Å². The highest BCUT2D eigenvalue weighted by Crippen LogP contribution is 2.27. The largest absolute Gasteiger partial charge is 0.495 e. The van der Waals surface area contributed by atoms with Crippen LogP contribution in [0.4, 0.5) is 5.69 Å². The highest BCUT2D eigenvalue weighted by atomic mass is 35.5. The normalized spacial score (nSPS) is 16.6. The van der Waals surface area contributed by atoms with E-state index in [0.717, 1.165) is 23.9 Å². The first-order chi connectivity index (χ1) is 8.79. The summed E-state index contributed by atoms with van der Waals surface area (Å²) >= 11 is 6.08. The van der Waals surface area contributed by atoms with E-state index in [1.807, 2.05) is 18.2 Å². The number of nitrogens with one attached hydrogen (secondary N) is 2. The maximum Gasteiger partial charge on any atom is 0.137 e. The van der Waals surface area contributed by atoms with Crippen molar-refractivity contribution < 1.29 is 4.74 Å². The van der Waals surface area contributed by atoms with Gasteiger partial charge in [0, 0.05) is 12.2 Å². The molecule has 1 heterocycles. The number of rotatable bonds is 5. The summed E-state index contributed by atoms with van der Waals surface area (Å²) in [7, 11) is 1.63. The maximum absolute atomic E-state index is 6.08. The van der Waals surface area contributed by atoms with E-state index < -0.39 is 0 Å². The molecule has 2 rings (SSSR count). The predicted molar refractivity (Wildman–Crippen MR) is 76.7 cm³/mol. The molecule has 100 valence electrons. The van der Waals surface area contributed by atoms with Gasteiger partial charge in [-0.15, -0.1) is 0 Å². The van der Waals surface area contributed by atoms with Crippen LogP contribution in [0.2, 0.25) is 5.02 Å². The van der Waals surface area contributed by atoms with Crippen molar-refractivity contribution in [3.8, 4) is 5.75 Å². The van der Waals surface area contributed by atoms with Gasteiger partial charge in [0.15, 0.2) is 0 Å². The quantitative estimate of drug-likeness (QED) is 0.861. The van der Waals surface area contributed by atoms with Gasteiger partial charge in [-0.2, -0.15) is 0 Å². The third-order valence-electron chi connectivity index (χ3n) is 3.49. The molecule has 0 aromatic heterocycles. The predicted octanol–water partition coefficient (Wildman–Crippen LogP) is 3.15. The lowest BCUT2D eigenvalue weighted by molar-refractivity contribution is 0.361. The minimum Gasteiger partial charge on any atom is -0.495 e. The van der Waals surface area contributed by atoms with E-state index in [-0.39, 0.29) is 0 Å². The van der Waals surface area contributed by atoms with Crippen LogP contribution < -0.4 is 15.4 Å². The lowest BCUT2D eigenvalue weighted by atomic mass is 9.95. The number of anilines is 1. The highest BCUT2D eigenvalue weighted by Gasteiger charge is 2.12. The van der Waals surface area contributed by atoms with Crippen molar-refractivity contribution in [3.05, 3.63) is 23.2 Å². The molecule has 0 unspecified atom stereocenters. The Balaban J connectivity index is 1.77. The minimum atomic E-state index is 0.657. The van der Waals surface area contributed by atoms with Gasteiger partial charge in [0.1, 0.15) is 5.75 Å². The fraction of sp³-hybridized carbons (Fsp3) is 0.571. The Bertz CT molecular complexity index is 378. The van der Waals surface area contributed by atoms with Crippen LogP contribution in [0.3, 0.4) is 0 Å². The van der Waals surface area contributed by atoms with Crippen LogP contribution in [0.25, 0.3) is 0 Å². The first-order valence-electron chi connectivity index (χ1n) is 6.57. The van der Waals surface area contributed by atoms with E-state index in [4.69, 9.17) is 16.3 Å². The molecule has 4 heteroatoms. The van der Waals surface area contributed by atoms with E-state index in [0.29, 0.717) is 5.02 Å². The van der Waals surface area contributed by atoms with Gasteiger partial charge in [-0.05, 0) is 56.5 Å². The second-order valence-corrected chi connectivity index (χ2v) is 5.17. The van der Waals surface area contributed by atoms with Gasteiger partial charge in [-0.3, -0.25) is 0 Å². The minimum absolute atomic E-state index is 0.657. The number of hydrogen-bond donors (Lipinski definition) is 2. The van der Waals surface area contributed by atoms with Gasteiger partial charge in [-0.25, -0.2) is 0 Å². The fourth-order valence-corrected chi connectivity index (χ4v) is 2.63. The van der Waals surface area contributed by atoms with Gasteiger partial charge in [0.2, 0.25) is 0 Å². The van der Waals surface area contributed by atoms with Crippen LogP contribution in [0.1, 0.15) is 19.3 Å². The number of hydrogen-bond acceptors (Lipinski definition) is 3. The number of piperidine rings is 1. The Labute approximate surface area is 114 Å². The molecule has 1 aliphatic heterocycles. The average molecular weight is 269 g/mol. The topological polar surface area (TPSA) is 33.3 Å². The van der Waals surface area contributed by atoms with Gasteiger partial charge >= 0.3 is 0 Å². The number of methoxy groups -OCH3 is 1. The molecule has 18 heavy (non-hydrogen) atoms. The third-order valence-corrected chi connectivity index (χ3v) is 3.79. The second-order valence-electron chi connectivity index (χ2n) is 4.76. The van der Waals surface area contributed by atoms with Crippen LogP contribution in [-0.4, -0.2) is 26.7 Å². The molecule has 2 N–H and O–H groups in total. The molecule has 3 nitrogen and oxygen atoms in total. The SMILES string of the molecule is COc1ccc(NCCC2CCNCC2)cc1Cl. The molecule has 1 aromatic carbocycles. The third kappa shape index (κ3) is 3.79. The van der Waals surface area contributed by atoms with E-state index in [2.05, 4.69) is 10.6 Å². The Morgan fingerprint density at radius 3 is 2.83 bits per heavy atom. The number of halogens is 1. The zero-order valence-electron chi connectivity index (χ0n) is 10.8. The summed E-state index contributed by atoms with van der Waals surface area (Å²) in [6.45, 7) is 3.34.